The van der Waals surface area contributed by atoms with E-state index in [9.17, 15) is 14.7 Å². The van der Waals surface area contributed by atoms with Crippen molar-refractivity contribution >= 4 is 11.9 Å². The number of hydrogen-bond acceptors (Lipinski definition) is 4. The summed E-state index contributed by atoms with van der Waals surface area (Å²) in [6.45, 7) is 2.17. The Balaban J connectivity index is 2.18. The Hall–Kier alpha value is -2.82. The summed E-state index contributed by atoms with van der Waals surface area (Å²) >= 11 is 0. The molecule has 5 nitrogen and oxygen atoms in total. The van der Waals surface area contributed by atoms with Crippen LogP contribution < -0.4 is 4.74 Å². The topological polar surface area (TPSA) is 72.8 Å². The lowest BCUT2D eigenvalue weighted by atomic mass is 10.1. The van der Waals surface area contributed by atoms with Gasteiger partial charge in [0.05, 0.1) is 17.7 Å². The largest absolute Gasteiger partial charge is 0.489 e. The van der Waals surface area contributed by atoms with E-state index in [-0.39, 0.29) is 17.7 Å². The highest BCUT2D eigenvalue weighted by Crippen LogP contribution is 2.20. The van der Waals surface area contributed by atoms with Crippen LogP contribution in [0.1, 0.15) is 33.2 Å². The van der Waals surface area contributed by atoms with E-state index < -0.39 is 11.9 Å². The second kappa shape index (κ2) is 7.26. The smallest absolute Gasteiger partial charge is 0.339 e. The van der Waals surface area contributed by atoms with E-state index in [4.69, 9.17) is 9.47 Å². The van der Waals surface area contributed by atoms with Gasteiger partial charge in [0, 0.05) is 0 Å². The van der Waals surface area contributed by atoms with Gasteiger partial charge in [-0.15, -0.1) is 0 Å². The fourth-order valence-corrected chi connectivity index (χ4v) is 1.92. The molecule has 0 aliphatic rings. The highest BCUT2D eigenvalue weighted by molar-refractivity contribution is 6.02. The number of hydrogen-bond donors (Lipinski definition) is 1. The zero-order valence-corrected chi connectivity index (χ0v) is 12.1. The standard InChI is InChI=1S/C17H16O5/c1-2-21-17(20)14-9-8-13(10-15(14)16(18)19)22-11-12-6-4-3-5-7-12/h3-10H,2,11H2,1H3,(H,18,19). The van der Waals surface area contributed by atoms with Crippen LogP contribution in [0.5, 0.6) is 5.75 Å². The summed E-state index contributed by atoms with van der Waals surface area (Å²) in [6, 6.07) is 13.8. The Morgan fingerprint density at radius 1 is 1.05 bits per heavy atom. The molecule has 5 heteroatoms. The molecule has 0 spiro atoms. The fraction of sp³-hybridized carbons (Fsp3) is 0.176. The summed E-state index contributed by atoms with van der Waals surface area (Å²) in [4.78, 5) is 23.0. The Labute approximate surface area is 128 Å². The van der Waals surface area contributed by atoms with E-state index in [1.54, 1.807) is 13.0 Å². The second-order valence-electron chi connectivity index (χ2n) is 4.51. The Bertz CT molecular complexity index is 664. The molecule has 114 valence electrons. The van der Waals surface area contributed by atoms with Gasteiger partial charge >= 0.3 is 11.9 Å². The van der Waals surface area contributed by atoms with Gasteiger partial charge in [0.1, 0.15) is 12.4 Å². The number of carboxylic acids is 1. The van der Waals surface area contributed by atoms with E-state index in [0.29, 0.717) is 12.4 Å². The number of aromatic carboxylic acids is 1. The molecule has 0 aromatic heterocycles. The van der Waals surface area contributed by atoms with Gasteiger partial charge in [-0.1, -0.05) is 30.3 Å². The maximum Gasteiger partial charge on any atom is 0.339 e. The zero-order valence-electron chi connectivity index (χ0n) is 12.1. The minimum absolute atomic E-state index is 0.0152. The van der Waals surface area contributed by atoms with Gasteiger partial charge in [0.25, 0.3) is 0 Å². The molecule has 0 amide bonds. The molecule has 0 saturated carbocycles. The molecule has 0 bridgehead atoms. The zero-order chi connectivity index (χ0) is 15.9. The van der Waals surface area contributed by atoms with Crippen LogP contribution in [-0.2, 0) is 11.3 Å². The van der Waals surface area contributed by atoms with Crippen molar-refractivity contribution in [3.63, 3.8) is 0 Å². The van der Waals surface area contributed by atoms with Crippen LogP contribution in [0.2, 0.25) is 0 Å². The van der Waals surface area contributed by atoms with Gasteiger partial charge in [0.15, 0.2) is 0 Å². The summed E-state index contributed by atoms with van der Waals surface area (Å²) in [5.41, 5.74) is 0.847. The average molecular weight is 300 g/mol. The number of ether oxygens (including phenoxy) is 2. The van der Waals surface area contributed by atoms with Crippen LogP contribution in [-0.4, -0.2) is 23.7 Å². The first-order valence-corrected chi connectivity index (χ1v) is 6.83. The summed E-state index contributed by atoms with van der Waals surface area (Å²) in [5.74, 6) is -1.47. The van der Waals surface area contributed by atoms with Crippen molar-refractivity contribution in [1.29, 1.82) is 0 Å². The lowest BCUT2D eigenvalue weighted by Crippen LogP contribution is -2.12. The fourth-order valence-electron chi connectivity index (χ4n) is 1.92. The molecule has 22 heavy (non-hydrogen) atoms. The van der Waals surface area contributed by atoms with E-state index in [1.807, 2.05) is 30.3 Å². The number of rotatable bonds is 6. The predicted molar refractivity (Wildman–Crippen MR) is 80.1 cm³/mol. The van der Waals surface area contributed by atoms with Crippen molar-refractivity contribution in [2.45, 2.75) is 13.5 Å². The van der Waals surface area contributed by atoms with E-state index >= 15 is 0 Å². The molecular weight excluding hydrogens is 284 g/mol. The molecule has 0 fully saturated rings. The second-order valence-corrected chi connectivity index (χ2v) is 4.51. The monoisotopic (exact) mass is 300 g/mol. The SMILES string of the molecule is CCOC(=O)c1ccc(OCc2ccccc2)cc1C(=O)O. The third-order valence-corrected chi connectivity index (χ3v) is 2.97. The lowest BCUT2D eigenvalue weighted by Gasteiger charge is -2.10. The summed E-state index contributed by atoms with van der Waals surface area (Å²) in [7, 11) is 0. The lowest BCUT2D eigenvalue weighted by molar-refractivity contribution is 0.0514. The molecule has 1 N–H and O–H groups in total. The quantitative estimate of drug-likeness (QED) is 0.830. The normalized spacial score (nSPS) is 10.0. The molecule has 0 radical (unpaired) electrons. The van der Waals surface area contributed by atoms with Crippen molar-refractivity contribution in [2.24, 2.45) is 0 Å². The average Bonchev–Trinajstić information content (AvgIpc) is 2.54. The van der Waals surface area contributed by atoms with E-state index in [0.717, 1.165) is 5.56 Å². The maximum atomic E-state index is 11.7. The highest BCUT2D eigenvalue weighted by atomic mass is 16.5. The predicted octanol–water partition coefficient (Wildman–Crippen LogP) is 3.14. The number of esters is 1. The molecule has 0 atom stereocenters. The van der Waals surface area contributed by atoms with Crippen LogP contribution >= 0.6 is 0 Å². The summed E-state index contributed by atoms with van der Waals surface area (Å²) in [6.07, 6.45) is 0. The van der Waals surface area contributed by atoms with Gasteiger partial charge in [-0.2, -0.15) is 0 Å². The number of carbonyl (C=O) groups is 2. The first-order chi connectivity index (χ1) is 10.6. The minimum atomic E-state index is -1.20. The van der Waals surface area contributed by atoms with E-state index in [1.165, 1.54) is 12.1 Å². The van der Waals surface area contributed by atoms with Gasteiger partial charge in [-0.25, -0.2) is 9.59 Å². The molecule has 0 heterocycles. The summed E-state index contributed by atoms with van der Waals surface area (Å²) in [5, 5.41) is 9.23. The van der Waals surface area contributed by atoms with Crippen molar-refractivity contribution < 1.29 is 24.2 Å². The third kappa shape index (κ3) is 3.85. The minimum Gasteiger partial charge on any atom is -0.489 e. The van der Waals surface area contributed by atoms with Crippen LogP contribution in [0.3, 0.4) is 0 Å². The van der Waals surface area contributed by atoms with Gasteiger partial charge < -0.3 is 14.6 Å². The summed E-state index contributed by atoms with van der Waals surface area (Å²) < 4.78 is 10.4. The Morgan fingerprint density at radius 3 is 2.41 bits per heavy atom. The van der Waals surface area contributed by atoms with Gasteiger partial charge in [-0.05, 0) is 30.7 Å². The van der Waals surface area contributed by atoms with Gasteiger partial charge in [-0.3, -0.25) is 0 Å². The Morgan fingerprint density at radius 2 is 1.77 bits per heavy atom. The van der Waals surface area contributed by atoms with Crippen molar-refractivity contribution in [3.05, 3.63) is 65.2 Å². The van der Waals surface area contributed by atoms with Crippen LogP contribution in [0.25, 0.3) is 0 Å². The van der Waals surface area contributed by atoms with Crippen LogP contribution in [0.4, 0.5) is 0 Å². The first kappa shape index (κ1) is 15.6. The molecule has 0 saturated heterocycles. The van der Waals surface area contributed by atoms with Crippen molar-refractivity contribution in [1.82, 2.24) is 0 Å². The molecule has 0 aliphatic heterocycles. The molecule has 2 rings (SSSR count). The molecule has 2 aromatic rings. The van der Waals surface area contributed by atoms with E-state index in [2.05, 4.69) is 0 Å². The third-order valence-electron chi connectivity index (χ3n) is 2.97. The molecule has 0 unspecified atom stereocenters. The number of benzene rings is 2. The highest BCUT2D eigenvalue weighted by Gasteiger charge is 2.18. The van der Waals surface area contributed by atoms with Gasteiger partial charge in [0.2, 0.25) is 0 Å². The Kier molecular flexibility index (Phi) is 5.14. The van der Waals surface area contributed by atoms with Crippen LogP contribution in [0, 0.1) is 0 Å². The van der Waals surface area contributed by atoms with Crippen molar-refractivity contribution in [2.75, 3.05) is 6.61 Å². The van der Waals surface area contributed by atoms with Crippen molar-refractivity contribution in [3.8, 4) is 5.75 Å². The number of carboxylic acid groups (broad SMARTS) is 1. The maximum absolute atomic E-state index is 11.7. The molecule has 2 aromatic carbocycles. The first-order valence-electron chi connectivity index (χ1n) is 6.83. The van der Waals surface area contributed by atoms with Crippen LogP contribution in [0.15, 0.2) is 48.5 Å². The molecule has 0 aliphatic carbocycles. The number of carbonyl (C=O) groups excluding carboxylic acids is 1. The molecular formula is C17H16O5.